The minimum Gasteiger partial charge on any atom is -0.396 e. The number of thiazole rings is 1. The van der Waals surface area contributed by atoms with E-state index < -0.39 is 0 Å². The van der Waals surface area contributed by atoms with Crippen molar-refractivity contribution in [1.29, 1.82) is 0 Å². The van der Waals surface area contributed by atoms with Crippen molar-refractivity contribution in [1.82, 2.24) is 9.88 Å². The van der Waals surface area contributed by atoms with Gasteiger partial charge in [0.15, 0.2) is 5.13 Å². The number of carbonyl (C=O) groups excluding carboxylic acids is 1. The van der Waals surface area contributed by atoms with Crippen LogP contribution < -0.4 is 5.32 Å². The van der Waals surface area contributed by atoms with E-state index in [4.69, 9.17) is 5.11 Å². The minimum absolute atomic E-state index is 0.0957. The third kappa shape index (κ3) is 4.09. The lowest BCUT2D eigenvalue weighted by atomic mass is 9.95. The van der Waals surface area contributed by atoms with Crippen molar-refractivity contribution in [2.75, 3.05) is 25.0 Å². The Labute approximate surface area is 140 Å². The van der Waals surface area contributed by atoms with E-state index in [1.807, 2.05) is 35.2 Å². The maximum atomic E-state index is 12.4. The largest absolute Gasteiger partial charge is 0.396 e. The van der Waals surface area contributed by atoms with Crippen LogP contribution in [0.4, 0.5) is 9.93 Å². The molecule has 0 saturated carbocycles. The predicted octanol–water partition coefficient (Wildman–Crippen LogP) is 3.44. The molecule has 1 fully saturated rings. The highest BCUT2D eigenvalue weighted by Crippen LogP contribution is 2.29. The zero-order chi connectivity index (χ0) is 16.1. The van der Waals surface area contributed by atoms with Crippen LogP contribution in [0.5, 0.6) is 0 Å². The Morgan fingerprint density at radius 1 is 1.39 bits per heavy atom. The Kier molecular flexibility index (Phi) is 5.25. The van der Waals surface area contributed by atoms with Crippen molar-refractivity contribution < 1.29 is 9.90 Å². The number of amides is 2. The molecule has 2 heterocycles. The SMILES string of the molecule is O=C(Nc1ncc(-c2ccccc2)s1)N1CCC[C@H](CCO)C1. The van der Waals surface area contributed by atoms with E-state index in [-0.39, 0.29) is 12.6 Å². The highest BCUT2D eigenvalue weighted by Gasteiger charge is 2.23. The zero-order valence-electron chi connectivity index (χ0n) is 12.9. The molecule has 2 aromatic rings. The van der Waals surface area contributed by atoms with Crippen LogP contribution in [0.3, 0.4) is 0 Å². The fourth-order valence-electron chi connectivity index (χ4n) is 2.91. The van der Waals surface area contributed by atoms with Gasteiger partial charge in [0, 0.05) is 25.9 Å². The molecule has 0 spiro atoms. The molecule has 3 rings (SSSR count). The number of benzene rings is 1. The Balaban J connectivity index is 1.61. The standard InChI is InChI=1S/C17H21N3O2S/c21-10-8-13-5-4-9-20(12-13)17(22)19-16-18-11-15(23-16)14-6-2-1-3-7-14/h1-3,6-7,11,13,21H,4-5,8-10,12H2,(H,18,19,22)/t13-/m1/s1. The number of hydrogen-bond acceptors (Lipinski definition) is 4. The molecule has 1 aliphatic rings. The highest BCUT2D eigenvalue weighted by atomic mass is 32.1. The number of rotatable bonds is 4. The van der Waals surface area contributed by atoms with E-state index in [2.05, 4.69) is 10.3 Å². The summed E-state index contributed by atoms with van der Waals surface area (Å²) < 4.78 is 0. The smallest absolute Gasteiger partial charge is 0.323 e. The van der Waals surface area contributed by atoms with Crippen molar-refractivity contribution in [3.05, 3.63) is 36.5 Å². The first-order chi connectivity index (χ1) is 11.3. The fraction of sp³-hybridized carbons (Fsp3) is 0.412. The molecule has 1 aliphatic heterocycles. The van der Waals surface area contributed by atoms with Gasteiger partial charge in [-0.2, -0.15) is 0 Å². The average Bonchev–Trinajstić information content (AvgIpc) is 3.05. The predicted molar refractivity (Wildman–Crippen MR) is 92.6 cm³/mol. The maximum absolute atomic E-state index is 12.4. The Morgan fingerprint density at radius 3 is 3.00 bits per heavy atom. The summed E-state index contributed by atoms with van der Waals surface area (Å²) >= 11 is 1.48. The summed E-state index contributed by atoms with van der Waals surface area (Å²) in [6.07, 6.45) is 4.63. The zero-order valence-corrected chi connectivity index (χ0v) is 13.8. The number of aromatic nitrogens is 1. The molecule has 6 heteroatoms. The summed E-state index contributed by atoms with van der Waals surface area (Å²) in [5.74, 6) is 0.399. The molecule has 5 nitrogen and oxygen atoms in total. The number of carbonyl (C=O) groups is 1. The number of anilines is 1. The van der Waals surface area contributed by atoms with Gasteiger partial charge < -0.3 is 10.0 Å². The van der Waals surface area contributed by atoms with Crippen molar-refractivity contribution in [2.24, 2.45) is 5.92 Å². The molecule has 2 amide bonds. The van der Waals surface area contributed by atoms with Crippen LogP contribution >= 0.6 is 11.3 Å². The van der Waals surface area contributed by atoms with E-state index in [9.17, 15) is 4.79 Å². The Bertz CT molecular complexity index is 642. The topological polar surface area (TPSA) is 65.5 Å². The van der Waals surface area contributed by atoms with Crippen LogP contribution in [0.1, 0.15) is 19.3 Å². The van der Waals surface area contributed by atoms with Gasteiger partial charge in [0.1, 0.15) is 0 Å². The average molecular weight is 331 g/mol. The van der Waals surface area contributed by atoms with Gasteiger partial charge in [0.2, 0.25) is 0 Å². The number of nitrogens with one attached hydrogen (secondary N) is 1. The van der Waals surface area contributed by atoms with Gasteiger partial charge in [0.05, 0.1) is 4.88 Å². The Hall–Kier alpha value is -1.92. The van der Waals surface area contributed by atoms with Crippen molar-refractivity contribution in [3.63, 3.8) is 0 Å². The number of aliphatic hydroxyl groups excluding tert-OH is 1. The van der Waals surface area contributed by atoms with Gasteiger partial charge in [-0.3, -0.25) is 5.32 Å². The number of nitrogens with zero attached hydrogens (tertiary/aromatic N) is 2. The molecule has 1 aromatic carbocycles. The van der Waals surface area contributed by atoms with E-state index in [0.29, 0.717) is 17.6 Å². The maximum Gasteiger partial charge on any atom is 0.323 e. The lowest BCUT2D eigenvalue weighted by molar-refractivity contribution is 0.159. The van der Waals surface area contributed by atoms with Crippen LogP contribution in [0.15, 0.2) is 36.5 Å². The fourth-order valence-corrected chi connectivity index (χ4v) is 3.72. The second-order valence-electron chi connectivity index (χ2n) is 5.79. The number of urea groups is 1. The summed E-state index contributed by atoms with van der Waals surface area (Å²) in [6.45, 7) is 1.67. The summed E-state index contributed by atoms with van der Waals surface area (Å²) in [5, 5.41) is 12.6. The summed E-state index contributed by atoms with van der Waals surface area (Å²) in [5.41, 5.74) is 1.10. The molecular formula is C17H21N3O2S. The lowest BCUT2D eigenvalue weighted by Gasteiger charge is -2.32. The van der Waals surface area contributed by atoms with Crippen LogP contribution in [0.2, 0.25) is 0 Å². The molecular weight excluding hydrogens is 310 g/mol. The van der Waals surface area contributed by atoms with Gasteiger partial charge in [-0.05, 0) is 30.7 Å². The lowest BCUT2D eigenvalue weighted by Crippen LogP contribution is -2.42. The van der Waals surface area contributed by atoms with Crippen LogP contribution in [0, 0.1) is 5.92 Å². The van der Waals surface area contributed by atoms with E-state index in [0.717, 1.165) is 36.2 Å². The van der Waals surface area contributed by atoms with Crippen molar-refractivity contribution in [3.8, 4) is 10.4 Å². The van der Waals surface area contributed by atoms with Crippen molar-refractivity contribution in [2.45, 2.75) is 19.3 Å². The number of likely N-dealkylation sites (tertiary alicyclic amines) is 1. The van der Waals surface area contributed by atoms with Gasteiger partial charge in [0.25, 0.3) is 0 Å². The molecule has 0 unspecified atom stereocenters. The molecule has 23 heavy (non-hydrogen) atoms. The summed E-state index contributed by atoms with van der Waals surface area (Å²) in [7, 11) is 0. The third-order valence-corrected chi connectivity index (χ3v) is 5.08. The van der Waals surface area contributed by atoms with Gasteiger partial charge in [-0.15, -0.1) is 0 Å². The second kappa shape index (κ2) is 7.57. The minimum atomic E-state index is -0.0957. The van der Waals surface area contributed by atoms with E-state index in [1.165, 1.54) is 11.3 Å². The molecule has 0 bridgehead atoms. The van der Waals surface area contributed by atoms with Crippen LogP contribution in [-0.4, -0.2) is 40.7 Å². The molecule has 122 valence electrons. The first kappa shape index (κ1) is 16.0. The summed E-state index contributed by atoms with van der Waals surface area (Å²) in [6, 6.07) is 9.92. The highest BCUT2D eigenvalue weighted by molar-refractivity contribution is 7.19. The van der Waals surface area contributed by atoms with E-state index in [1.54, 1.807) is 6.20 Å². The normalized spacial score (nSPS) is 18.0. The molecule has 2 N–H and O–H groups in total. The summed E-state index contributed by atoms with van der Waals surface area (Å²) in [4.78, 5) is 19.6. The third-order valence-electron chi connectivity index (χ3n) is 4.12. The van der Waals surface area contributed by atoms with E-state index >= 15 is 0 Å². The number of piperidine rings is 1. The van der Waals surface area contributed by atoms with Gasteiger partial charge in [-0.1, -0.05) is 41.7 Å². The molecule has 0 aliphatic carbocycles. The first-order valence-electron chi connectivity index (χ1n) is 7.94. The molecule has 1 atom stereocenters. The van der Waals surface area contributed by atoms with Crippen molar-refractivity contribution >= 4 is 22.5 Å². The molecule has 1 aromatic heterocycles. The molecule has 1 saturated heterocycles. The number of aliphatic hydroxyl groups is 1. The van der Waals surface area contributed by atoms with Gasteiger partial charge in [-0.25, -0.2) is 9.78 Å². The quantitative estimate of drug-likeness (QED) is 0.902. The van der Waals surface area contributed by atoms with Crippen LogP contribution in [0.25, 0.3) is 10.4 Å². The first-order valence-corrected chi connectivity index (χ1v) is 8.76. The monoisotopic (exact) mass is 331 g/mol. The van der Waals surface area contributed by atoms with Crippen LogP contribution in [-0.2, 0) is 0 Å². The molecule has 0 radical (unpaired) electrons. The second-order valence-corrected chi connectivity index (χ2v) is 6.82. The Morgan fingerprint density at radius 2 is 2.22 bits per heavy atom. The number of hydrogen-bond donors (Lipinski definition) is 2. The van der Waals surface area contributed by atoms with Gasteiger partial charge >= 0.3 is 6.03 Å².